The van der Waals surface area contributed by atoms with Gasteiger partial charge in [0, 0.05) is 49.1 Å². The van der Waals surface area contributed by atoms with Gasteiger partial charge in [-0.3, -0.25) is 4.68 Å². The quantitative estimate of drug-likeness (QED) is 0.221. The maximum Gasteiger partial charge on any atom is 0.410 e. The van der Waals surface area contributed by atoms with Gasteiger partial charge in [0.25, 0.3) is 0 Å². The molecule has 0 radical (unpaired) electrons. The number of carboxylic acids is 1. The first-order chi connectivity index (χ1) is 25.1. The molecule has 4 saturated carbocycles. The summed E-state index contributed by atoms with van der Waals surface area (Å²) in [5.74, 6) is -0.285. The van der Waals surface area contributed by atoms with Crippen LogP contribution in [0.15, 0.2) is 30.5 Å². The minimum absolute atomic E-state index is 0.0283. The smallest absolute Gasteiger partial charge is 0.410 e. The molecule has 11 nitrogen and oxygen atoms in total. The third-order valence-corrected chi connectivity index (χ3v) is 12.0. The maximum absolute atomic E-state index is 13.1. The Kier molecular flexibility index (Phi) is 9.18. The number of fused-ring (bicyclic) bond motifs is 1. The van der Waals surface area contributed by atoms with Crippen LogP contribution in [0.5, 0.6) is 5.75 Å². The number of benzene rings is 1. The molecule has 1 aromatic carbocycles. The van der Waals surface area contributed by atoms with Gasteiger partial charge in [-0.2, -0.15) is 5.10 Å². The Labute approximate surface area is 320 Å². The van der Waals surface area contributed by atoms with Crippen molar-refractivity contribution in [3.63, 3.8) is 0 Å². The molecule has 2 atom stereocenters. The summed E-state index contributed by atoms with van der Waals surface area (Å²) < 4.78 is 20.4. The number of hydrogen-bond acceptors (Lipinski definition) is 8. The summed E-state index contributed by atoms with van der Waals surface area (Å²) in [4.78, 5) is 32.2. The molecule has 292 valence electrons. The highest BCUT2D eigenvalue weighted by atomic mass is 16.6. The van der Waals surface area contributed by atoms with Gasteiger partial charge in [0.2, 0.25) is 0 Å². The van der Waals surface area contributed by atoms with Crippen molar-refractivity contribution in [1.29, 1.82) is 0 Å². The molecule has 0 saturated heterocycles. The van der Waals surface area contributed by atoms with E-state index in [4.69, 9.17) is 24.3 Å². The van der Waals surface area contributed by atoms with Crippen LogP contribution in [0.1, 0.15) is 116 Å². The van der Waals surface area contributed by atoms with E-state index in [9.17, 15) is 14.7 Å². The average molecular weight is 742 g/mol. The first-order valence-corrected chi connectivity index (χ1v) is 19.5. The second kappa shape index (κ2) is 13.0. The molecule has 11 heteroatoms. The van der Waals surface area contributed by atoms with Gasteiger partial charge in [-0.25, -0.2) is 14.6 Å². The van der Waals surface area contributed by atoms with Gasteiger partial charge >= 0.3 is 12.1 Å². The van der Waals surface area contributed by atoms with Crippen molar-refractivity contribution >= 4 is 17.7 Å². The van der Waals surface area contributed by atoms with E-state index in [2.05, 4.69) is 51.5 Å². The molecule has 0 spiro atoms. The van der Waals surface area contributed by atoms with E-state index in [1.54, 1.807) is 11.9 Å². The van der Waals surface area contributed by atoms with Crippen molar-refractivity contribution in [3.8, 4) is 28.1 Å². The number of pyridine rings is 1. The van der Waals surface area contributed by atoms with Crippen molar-refractivity contribution in [2.24, 2.45) is 16.2 Å². The Bertz CT molecular complexity index is 1950. The summed E-state index contributed by atoms with van der Waals surface area (Å²) >= 11 is 0. The lowest BCUT2D eigenvalue weighted by atomic mass is 9.39. The number of aromatic nitrogens is 3. The highest BCUT2D eigenvalue weighted by Gasteiger charge is 2.66. The first kappa shape index (κ1) is 38.2. The number of rotatable bonds is 9. The lowest BCUT2D eigenvalue weighted by Crippen LogP contribution is -2.64. The highest BCUT2D eigenvalue weighted by molar-refractivity contribution is 5.96. The van der Waals surface area contributed by atoms with Crippen LogP contribution < -0.4 is 10.1 Å². The molecular formula is C43H59N5O6. The van der Waals surface area contributed by atoms with Gasteiger partial charge in [0.05, 0.1) is 29.8 Å². The van der Waals surface area contributed by atoms with E-state index in [1.165, 1.54) is 6.42 Å². The van der Waals surface area contributed by atoms with Crippen LogP contribution in [0.25, 0.3) is 22.4 Å². The molecule has 1 amide bonds. The normalized spacial score (nSPS) is 27.2. The van der Waals surface area contributed by atoms with Crippen molar-refractivity contribution in [3.05, 3.63) is 47.4 Å². The van der Waals surface area contributed by atoms with Crippen LogP contribution in [0.2, 0.25) is 0 Å². The number of nitrogens with one attached hydrogen (secondary N) is 1. The summed E-state index contributed by atoms with van der Waals surface area (Å²) in [7, 11) is 1.77. The minimum atomic E-state index is -1.07. The van der Waals surface area contributed by atoms with Crippen molar-refractivity contribution < 1.29 is 28.9 Å². The third kappa shape index (κ3) is 7.32. The molecule has 1 aliphatic heterocycles. The molecule has 3 aromatic rings. The number of ether oxygens (including phenoxy) is 3. The Morgan fingerprint density at radius 2 is 1.72 bits per heavy atom. The van der Waals surface area contributed by atoms with E-state index in [0.717, 1.165) is 72.5 Å². The van der Waals surface area contributed by atoms with Crippen molar-refractivity contribution in [2.45, 2.75) is 124 Å². The fraction of sp³-hybridized carbons (Fsp3) is 0.628. The third-order valence-electron chi connectivity index (χ3n) is 12.0. The van der Waals surface area contributed by atoms with Crippen LogP contribution in [-0.2, 0) is 21.4 Å². The summed E-state index contributed by atoms with van der Waals surface area (Å²) in [5.41, 5.74) is 4.66. The number of aromatic carboxylic acids is 1. The highest BCUT2D eigenvalue weighted by Crippen LogP contribution is 2.72. The topological polar surface area (TPSA) is 128 Å². The molecule has 54 heavy (non-hydrogen) atoms. The predicted octanol–water partition coefficient (Wildman–Crippen LogP) is 8.72. The fourth-order valence-corrected chi connectivity index (χ4v) is 11.2. The summed E-state index contributed by atoms with van der Waals surface area (Å²) in [6.07, 6.45) is 7.83. The number of nitrogens with zero attached hydrogens (tertiary/aromatic N) is 4. The second-order valence-corrected chi connectivity index (χ2v) is 19.7. The van der Waals surface area contributed by atoms with E-state index >= 15 is 0 Å². The predicted molar refractivity (Wildman–Crippen MR) is 209 cm³/mol. The molecule has 5 aliphatic rings. The van der Waals surface area contributed by atoms with Crippen molar-refractivity contribution in [2.75, 3.05) is 38.7 Å². The monoisotopic (exact) mass is 741 g/mol. The number of hydrogen-bond donors (Lipinski definition) is 2. The number of likely N-dealkylation sites (N-methyl/N-ethyl adjacent to an activating group) is 1. The standard InChI is InChI=1S/C43H59N5O6/c1-27-29(34-30(38(2,3)4)18-31(46-35(34)36(49)50)28-11-12-33-32(17-28)44-13-15-52-33)19-45-48(27)26-42-21-40(8)20-41(9,22-42)24-43(23-40,25-42)53-16-14-47(10)37(51)54-39(5,6)7/h11-12,17-19,44H,13-16,20-26H2,1-10H3,(H,49,50). The van der Waals surface area contributed by atoms with Gasteiger partial charge in [-0.05, 0) is 118 Å². The second-order valence-electron chi connectivity index (χ2n) is 19.7. The molecule has 4 bridgehead atoms. The lowest BCUT2D eigenvalue weighted by molar-refractivity contribution is -0.248. The zero-order valence-corrected chi connectivity index (χ0v) is 33.9. The Morgan fingerprint density at radius 1 is 1.02 bits per heavy atom. The molecule has 4 aliphatic carbocycles. The Balaban J connectivity index is 1.19. The molecule has 2 N–H and O–H groups in total. The summed E-state index contributed by atoms with van der Waals surface area (Å²) in [6, 6.07) is 7.89. The van der Waals surface area contributed by atoms with Gasteiger partial charge in [-0.1, -0.05) is 34.6 Å². The maximum atomic E-state index is 13.1. The number of carboxylic acid groups (broad SMARTS) is 1. The Morgan fingerprint density at radius 3 is 2.37 bits per heavy atom. The SMILES string of the molecule is Cc1c(-c2c(C(C)(C)C)cc(-c3ccc4c(c3)NCCO4)nc2C(=O)O)cnn1CC12CC3(C)CC(C)(C1)CC(OCCN(C)C(=O)OC(C)(C)C)(C3)C2. The lowest BCUT2D eigenvalue weighted by Gasteiger charge is -2.69. The van der Waals surface area contributed by atoms with Crippen LogP contribution in [-0.4, -0.2) is 81.4 Å². The van der Waals surface area contributed by atoms with E-state index < -0.39 is 11.6 Å². The van der Waals surface area contributed by atoms with Gasteiger partial charge in [0.15, 0.2) is 5.69 Å². The van der Waals surface area contributed by atoms with Gasteiger partial charge < -0.3 is 29.5 Å². The number of carbonyl (C=O) groups is 2. The number of amides is 1. The fourth-order valence-electron chi connectivity index (χ4n) is 11.2. The van der Waals surface area contributed by atoms with Crippen molar-refractivity contribution in [1.82, 2.24) is 19.7 Å². The minimum Gasteiger partial charge on any atom is -0.490 e. The van der Waals surface area contributed by atoms with Gasteiger partial charge in [0.1, 0.15) is 18.0 Å². The largest absolute Gasteiger partial charge is 0.490 e. The molecule has 2 unspecified atom stereocenters. The van der Waals surface area contributed by atoms with Crippen LogP contribution in [0.3, 0.4) is 0 Å². The average Bonchev–Trinajstić information content (AvgIpc) is 3.39. The van der Waals surface area contributed by atoms with E-state index in [-0.39, 0.29) is 39.0 Å². The molecule has 2 aromatic heterocycles. The van der Waals surface area contributed by atoms with Crippen LogP contribution in [0, 0.1) is 23.2 Å². The summed E-state index contributed by atoms with van der Waals surface area (Å²) in [5, 5.41) is 19.1. The van der Waals surface area contributed by atoms with E-state index in [1.807, 2.05) is 51.2 Å². The van der Waals surface area contributed by atoms with E-state index in [0.29, 0.717) is 37.6 Å². The molecule has 4 fully saturated rings. The molecule has 8 rings (SSSR count). The van der Waals surface area contributed by atoms with Crippen LogP contribution in [0.4, 0.5) is 10.5 Å². The number of carbonyl (C=O) groups excluding carboxylic acids is 1. The number of anilines is 1. The van der Waals surface area contributed by atoms with Crippen LogP contribution >= 0.6 is 0 Å². The molecule has 3 heterocycles. The molecular weight excluding hydrogens is 683 g/mol. The first-order valence-electron chi connectivity index (χ1n) is 19.5. The Hall–Kier alpha value is -4.12. The zero-order chi connectivity index (χ0) is 39.1. The van der Waals surface area contributed by atoms with Gasteiger partial charge in [-0.15, -0.1) is 0 Å². The summed E-state index contributed by atoms with van der Waals surface area (Å²) in [6.45, 7) is 21.9. The zero-order valence-electron chi connectivity index (χ0n) is 33.9.